The number of aryl methyl sites for hydroxylation is 1. The van der Waals surface area contributed by atoms with Crippen LogP contribution in [0.4, 0.5) is 8.78 Å². The zero-order valence-electron chi connectivity index (χ0n) is 19.5. The Kier molecular flexibility index (Phi) is 6.80. The second-order valence-electron chi connectivity index (χ2n) is 8.77. The SMILES string of the molecule is O=C(O)COc1ccc(Cl)cc1[C@@H]1c2ccc(F)cc2CCN1C(=O)CCn1ncc2cc(F)ccc21. The first-order valence-electron chi connectivity index (χ1n) is 11.6. The number of fused-ring (bicyclic) bond motifs is 2. The molecule has 2 heterocycles. The summed E-state index contributed by atoms with van der Waals surface area (Å²) < 4.78 is 34.8. The molecule has 1 N–H and O–H groups in total. The Morgan fingerprint density at radius 2 is 1.84 bits per heavy atom. The second kappa shape index (κ2) is 10.2. The van der Waals surface area contributed by atoms with E-state index in [1.54, 1.807) is 46.1 Å². The van der Waals surface area contributed by atoms with Gasteiger partial charge in [0.1, 0.15) is 17.4 Å². The Labute approximate surface area is 215 Å². The first kappa shape index (κ1) is 24.7. The number of amides is 1. The minimum absolute atomic E-state index is 0.104. The number of carbonyl (C=O) groups excluding carboxylic acids is 1. The number of aliphatic carboxylic acids is 1. The number of rotatable bonds is 7. The van der Waals surface area contributed by atoms with E-state index in [4.69, 9.17) is 21.4 Å². The highest BCUT2D eigenvalue weighted by Crippen LogP contribution is 2.41. The molecule has 1 amide bonds. The molecule has 0 spiro atoms. The molecule has 0 unspecified atom stereocenters. The summed E-state index contributed by atoms with van der Waals surface area (Å²) in [5.41, 5.74) is 2.68. The van der Waals surface area contributed by atoms with Gasteiger partial charge in [-0.1, -0.05) is 17.7 Å². The molecule has 0 fully saturated rings. The van der Waals surface area contributed by atoms with Crippen LogP contribution in [0.5, 0.6) is 5.75 Å². The first-order chi connectivity index (χ1) is 17.8. The van der Waals surface area contributed by atoms with E-state index in [1.807, 2.05) is 0 Å². The summed E-state index contributed by atoms with van der Waals surface area (Å²) in [6.07, 6.45) is 2.10. The number of carboxylic acid groups (broad SMARTS) is 1. The van der Waals surface area contributed by atoms with E-state index in [9.17, 15) is 18.4 Å². The molecule has 4 aromatic rings. The summed E-state index contributed by atoms with van der Waals surface area (Å²) in [6, 6.07) is 12.9. The second-order valence-corrected chi connectivity index (χ2v) is 9.20. The van der Waals surface area contributed by atoms with Gasteiger partial charge < -0.3 is 14.7 Å². The van der Waals surface area contributed by atoms with Crippen LogP contribution in [0, 0.1) is 11.6 Å². The van der Waals surface area contributed by atoms with Crippen LogP contribution in [0.25, 0.3) is 10.9 Å². The Balaban J connectivity index is 1.49. The maximum Gasteiger partial charge on any atom is 0.341 e. The maximum absolute atomic E-state index is 14.0. The van der Waals surface area contributed by atoms with Gasteiger partial charge in [0.2, 0.25) is 5.91 Å². The molecule has 10 heteroatoms. The van der Waals surface area contributed by atoms with Gasteiger partial charge in [-0.05, 0) is 66.1 Å². The van der Waals surface area contributed by atoms with Gasteiger partial charge in [0.15, 0.2) is 6.61 Å². The van der Waals surface area contributed by atoms with Gasteiger partial charge in [0, 0.05) is 28.9 Å². The number of carbonyl (C=O) groups is 2. The van der Waals surface area contributed by atoms with Gasteiger partial charge in [-0.3, -0.25) is 9.48 Å². The Morgan fingerprint density at radius 1 is 1.05 bits per heavy atom. The van der Waals surface area contributed by atoms with Gasteiger partial charge in [0.05, 0.1) is 24.3 Å². The highest BCUT2D eigenvalue weighted by Gasteiger charge is 2.34. The summed E-state index contributed by atoms with van der Waals surface area (Å²) >= 11 is 6.30. The Morgan fingerprint density at radius 3 is 2.65 bits per heavy atom. The van der Waals surface area contributed by atoms with E-state index < -0.39 is 18.6 Å². The molecule has 3 aromatic carbocycles. The molecule has 0 bridgehead atoms. The average molecular weight is 526 g/mol. The van der Waals surface area contributed by atoms with Crippen molar-refractivity contribution in [3.63, 3.8) is 0 Å². The van der Waals surface area contributed by atoms with Gasteiger partial charge in [-0.15, -0.1) is 0 Å². The Bertz CT molecular complexity index is 1510. The third-order valence-electron chi connectivity index (χ3n) is 6.41. The van der Waals surface area contributed by atoms with Crippen LogP contribution < -0.4 is 4.74 Å². The summed E-state index contributed by atoms with van der Waals surface area (Å²) in [5.74, 6) is -1.81. The monoisotopic (exact) mass is 525 g/mol. The molecule has 190 valence electrons. The number of ether oxygens (including phenoxy) is 1. The molecule has 0 saturated heterocycles. The van der Waals surface area contributed by atoms with Crippen molar-refractivity contribution in [3.05, 3.63) is 94.1 Å². The minimum Gasteiger partial charge on any atom is -0.482 e. The predicted molar refractivity (Wildman–Crippen MR) is 133 cm³/mol. The number of hydrogen-bond acceptors (Lipinski definition) is 4. The highest BCUT2D eigenvalue weighted by atomic mass is 35.5. The third-order valence-corrected chi connectivity index (χ3v) is 6.65. The van der Waals surface area contributed by atoms with Crippen molar-refractivity contribution in [2.24, 2.45) is 0 Å². The molecule has 1 aromatic heterocycles. The number of benzene rings is 3. The molecule has 0 saturated carbocycles. The number of nitrogens with zero attached hydrogens (tertiary/aromatic N) is 3. The van der Waals surface area contributed by atoms with Gasteiger partial charge >= 0.3 is 5.97 Å². The van der Waals surface area contributed by atoms with E-state index in [1.165, 1.54) is 24.3 Å². The van der Waals surface area contributed by atoms with Crippen LogP contribution in [0.15, 0.2) is 60.8 Å². The Hall–Kier alpha value is -3.98. The summed E-state index contributed by atoms with van der Waals surface area (Å²) in [4.78, 5) is 26.4. The minimum atomic E-state index is -1.15. The smallest absolute Gasteiger partial charge is 0.341 e. The molecule has 0 aliphatic carbocycles. The lowest BCUT2D eigenvalue weighted by molar-refractivity contribution is -0.139. The first-order valence-corrected chi connectivity index (χ1v) is 12.0. The number of aromatic nitrogens is 2. The normalized spacial score (nSPS) is 15.0. The molecule has 1 atom stereocenters. The molecule has 0 radical (unpaired) electrons. The largest absolute Gasteiger partial charge is 0.482 e. The van der Waals surface area contributed by atoms with Crippen LogP contribution in [-0.2, 0) is 22.6 Å². The number of halogens is 3. The predicted octanol–water partition coefficient (Wildman–Crippen LogP) is 5.00. The van der Waals surface area contributed by atoms with Gasteiger partial charge in [-0.2, -0.15) is 5.10 Å². The van der Waals surface area contributed by atoms with Crippen molar-refractivity contribution in [1.29, 1.82) is 0 Å². The van der Waals surface area contributed by atoms with E-state index in [2.05, 4.69) is 5.10 Å². The van der Waals surface area contributed by atoms with Crippen molar-refractivity contribution in [2.45, 2.75) is 25.4 Å². The van der Waals surface area contributed by atoms with Crippen LogP contribution in [-0.4, -0.2) is 44.8 Å². The lowest BCUT2D eigenvalue weighted by Gasteiger charge is -2.38. The quantitative estimate of drug-likeness (QED) is 0.367. The summed E-state index contributed by atoms with van der Waals surface area (Å²) in [6.45, 7) is 0.0137. The van der Waals surface area contributed by atoms with E-state index >= 15 is 0 Å². The lowest BCUT2D eigenvalue weighted by Crippen LogP contribution is -2.41. The summed E-state index contributed by atoms with van der Waals surface area (Å²) in [7, 11) is 0. The van der Waals surface area contributed by atoms with Crippen LogP contribution >= 0.6 is 11.6 Å². The molecule has 1 aliphatic heterocycles. The van der Waals surface area contributed by atoms with Crippen LogP contribution in [0.3, 0.4) is 0 Å². The number of hydrogen-bond donors (Lipinski definition) is 1. The van der Waals surface area contributed by atoms with E-state index in [0.29, 0.717) is 40.0 Å². The topological polar surface area (TPSA) is 84.7 Å². The van der Waals surface area contributed by atoms with Crippen molar-refractivity contribution in [1.82, 2.24) is 14.7 Å². The molecule has 5 rings (SSSR count). The van der Waals surface area contributed by atoms with E-state index in [0.717, 1.165) is 5.56 Å². The molecule has 1 aliphatic rings. The fraction of sp³-hybridized carbons (Fsp3) is 0.222. The third kappa shape index (κ3) is 5.13. The zero-order valence-corrected chi connectivity index (χ0v) is 20.3. The zero-order chi connectivity index (χ0) is 26.1. The highest BCUT2D eigenvalue weighted by molar-refractivity contribution is 6.30. The van der Waals surface area contributed by atoms with Crippen LogP contribution in [0.1, 0.15) is 29.2 Å². The fourth-order valence-electron chi connectivity index (χ4n) is 4.78. The average Bonchev–Trinajstić information content (AvgIpc) is 3.27. The van der Waals surface area contributed by atoms with Crippen molar-refractivity contribution in [3.8, 4) is 5.75 Å². The van der Waals surface area contributed by atoms with Crippen molar-refractivity contribution in [2.75, 3.05) is 13.2 Å². The fourth-order valence-corrected chi connectivity index (χ4v) is 4.97. The number of carboxylic acids is 1. The standard InChI is InChI=1S/C27H22ClF2N3O4/c28-18-1-6-24(37-15-26(35)36)22(13-18)27-21-4-2-19(29)11-16(21)7-9-32(27)25(34)8-10-33-23-5-3-20(30)12-17(23)14-31-33/h1-6,11-14,27H,7-10,15H2,(H,35,36)/t27-/m0/s1. The molecular formula is C27H22ClF2N3O4. The van der Waals surface area contributed by atoms with Crippen molar-refractivity contribution < 1.29 is 28.2 Å². The van der Waals surface area contributed by atoms with Crippen molar-refractivity contribution >= 4 is 34.4 Å². The van der Waals surface area contributed by atoms with Gasteiger partial charge in [0.25, 0.3) is 0 Å². The molecule has 7 nitrogen and oxygen atoms in total. The maximum atomic E-state index is 14.0. The lowest BCUT2D eigenvalue weighted by atomic mass is 9.87. The van der Waals surface area contributed by atoms with Gasteiger partial charge in [-0.25, -0.2) is 13.6 Å². The van der Waals surface area contributed by atoms with E-state index in [-0.39, 0.29) is 36.3 Å². The van der Waals surface area contributed by atoms with Crippen LogP contribution in [0.2, 0.25) is 5.02 Å². The molecule has 37 heavy (non-hydrogen) atoms. The molecular weight excluding hydrogens is 504 g/mol. The summed E-state index contributed by atoms with van der Waals surface area (Å²) in [5, 5.41) is 14.4.